The van der Waals surface area contributed by atoms with Crippen LogP contribution < -0.4 is 10.1 Å². The molecule has 0 fully saturated rings. The minimum atomic E-state index is 0.503. The van der Waals surface area contributed by atoms with Crippen molar-refractivity contribution >= 4 is 15.9 Å². The van der Waals surface area contributed by atoms with Crippen LogP contribution in [0, 0.1) is 5.92 Å². The van der Waals surface area contributed by atoms with E-state index in [0.29, 0.717) is 12.0 Å². The van der Waals surface area contributed by atoms with Gasteiger partial charge in [0.2, 0.25) is 0 Å². The Morgan fingerprint density at radius 3 is 2.62 bits per heavy atom. The van der Waals surface area contributed by atoms with Crippen LogP contribution in [0.15, 0.2) is 22.7 Å². The molecule has 0 spiro atoms. The van der Waals surface area contributed by atoms with Gasteiger partial charge < -0.3 is 10.1 Å². The third-order valence-electron chi connectivity index (χ3n) is 3.09. The van der Waals surface area contributed by atoms with E-state index < -0.39 is 0 Å². The van der Waals surface area contributed by atoms with Crippen molar-refractivity contribution in [3.63, 3.8) is 0 Å². The van der Waals surface area contributed by atoms with Gasteiger partial charge in [0.05, 0.1) is 7.11 Å². The maximum Gasteiger partial charge on any atom is 0.122 e. The number of rotatable bonds is 5. The molecule has 0 aliphatic heterocycles. The molecule has 0 saturated carbocycles. The number of ether oxygens (including phenoxy) is 1. The highest BCUT2D eigenvalue weighted by molar-refractivity contribution is 9.10. The van der Waals surface area contributed by atoms with Gasteiger partial charge in [0.25, 0.3) is 0 Å². The Balaban J connectivity index is 2.82. The Hall–Kier alpha value is -0.540. The molecule has 2 atom stereocenters. The van der Waals surface area contributed by atoms with Crippen LogP contribution in [0.25, 0.3) is 0 Å². The summed E-state index contributed by atoms with van der Waals surface area (Å²) in [5.74, 6) is 1.55. The summed E-state index contributed by atoms with van der Waals surface area (Å²) in [5.41, 5.74) is 1.26. The minimum Gasteiger partial charge on any atom is -0.496 e. The topological polar surface area (TPSA) is 21.3 Å². The molecule has 2 unspecified atom stereocenters. The molecule has 0 aliphatic rings. The van der Waals surface area contributed by atoms with Gasteiger partial charge >= 0.3 is 0 Å². The molecular weight excluding hydrogens is 266 g/mol. The summed E-state index contributed by atoms with van der Waals surface area (Å²) in [6.45, 7) is 4.45. The Kier molecular flexibility index (Phi) is 5.29. The van der Waals surface area contributed by atoms with E-state index >= 15 is 0 Å². The first-order chi connectivity index (χ1) is 7.58. The number of halogens is 1. The molecule has 1 aromatic carbocycles. The van der Waals surface area contributed by atoms with Crippen molar-refractivity contribution in [2.24, 2.45) is 5.92 Å². The van der Waals surface area contributed by atoms with Crippen molar-refractivity contribution in [1.82, 2.24) is 5.32 Å². The molecule has 16 heavy (non-hydrogen) atoms. The first kappa shape index (κ1) is 13.5. The normalized spacial score (nSPS) is 14.6. The highest BCUT2D eigenvalue weighted by Crippen LogP contribution is 2.26. The second kappa shape index (κ2) is 6.26. The second-order valence-electron chi connectivity index (χ2n) is 4.21. The lowest BCUT2D eigenvalue weighted by molar-refractivity contribution is 0.390. The third kappa shape index (κ3) is 3.49. The molecule has 90 valence electrons. The molecule has 1 rings (SSSR count). The molecule has 1 N–H and O–H groups in total. The smallest absolute Gasteiger partial charge is 0.122 e. The first-order valence-corrected chi connectivity index (χ1v) is 6.37. The fourth-order valence-electron chi connectivity index (χ4n) is 1.71. The van der Waals surface area contributed by atoms with E-state index in [9.17, 15) is 0 Å². The number of hydrogen-bond donors (Lipinski definition) is 1. The third-order valence-corrected chi connectivity index (χ3v) is 3.59. The first-order valence-electron chi connectivity index (χ1n) is 5.58. The number of benzene rings is 1. The highest BCUT2D eigenvalue weighted by atomic mass is 79.9. The Morgan fingerprint density at radius 1 is 1.38 bits per heavy atom. The lowest BCUT2D eigenvalue weighted by Crippen LogP contribution is -2.29. The summed E-state index contributed by atoms with van der Waals surface area (Å²) in [7, 11) is 3.72. The zero-order chi connectivity index (χ0) is 12.1. The lowest BCUT2D eigenvalue weighted by atomic mass is 9.94. The maximum absolute atomic E-state index is 5.37. The van der Waals surface area contributed by atoms with Crippen LogP contribution in [-0.2, 0) is 6.42 Å². The fraction of sp³-hybridized carbons (Fsp3) is 0.538. The van der Waals surface area contributed by atoms with Gasteiger partial charge in [-0.05, 0) is 50.1 Å². The molecule has 0 aromatic heterocycles. The molecule has 3 heteroatoms. The van der Waals surface area contributed by atoms with Crippen LogP contribution in [0.5, 0.6) is 5.75 Å². The molecule has 0 bridgehead atoms. The van der Waals surface area contributed by atoms with Crippen LogP contribution in [0.1, 0.15) is 19.4 Å². The van der Waals surface area contributed by atoms with Crippen LogP contribution in [0.2, 0.25) is 0 Å². The zero-order valence-corrected chi connectivity index (χ0v) is 12.0. The fourth-order valence-corrected chi connectivity index (χ4v) is 2.12. The molecular formula is C13H20BrNO. The van der Waals surface area contributed by atoms with Crippen molar-refractivity contribution < 1.29 is 4.74 Å². The number of hydrogen-bond acceptors (Lipinski definition) is 2. The summed E-state index contributed by atoms with van der Waals surface area (Å²) in [6.07, 6.45) is 1.02. The predicted molar refractivity (Wildman–Crippen MR) is 72.1 cm³/mol. The van der Waals surface area contributed by atoms with E-state index in [4.69, 9.17) is 4.74 Å². The average Bonchev–Trinajstić information content (AvgIpc) is 2.28. The van der Waals surface area contributed by atoms with Crippen molar-refractivity contribution in [1.29, 1.82) is 0 Å². The quantitative estimate of drug-likeness (QED) is 0.897. The van der Waals surface area contributed by atoms with Gasteiger partial charge in [0.15, 0.2) is 0 Å². The average molecular weight is 286 g/mol. The summed E-state index contributed by atoms with van der Waals surface area (Å²) in [4.78, 5) is 0. The molecule has 0 amide bonds. The van der Waals surface area contributed by atoms with Crippen molar-refractivity contribution in [2.45, 2.75) is 26.3 Å². The largest absolute Gasteiger partial charge is 0.496 e. The minimum absolute atomic E-state index is 0.503. The van der Waals surface area contributed by atoms with Gasteiger partial charge in [-0.25, -0.2) is 0 Å². The number of methoxy groups -OCH3 is 1. The van der Waals surface area contributed by atoms with E-state index in [1.165, 1.54) is 5.56 Å². The molecule has 1 aromatic rings. The summed E-state index contributed by atoms with van der Waals surface area (Å²) in [6, 6.07) is 6.66. The summed E-state index contributed by atoms with van der Waals surface area (Å²) >= 11 is 3.50. The number of nitrogens with one attached hydrogen (secondary N) is 1. The van der Waals surface area contributed by atoms with Crippen LogP contribution in [-0.4, -0.2) is 20.2 Å². The second-order valence-corrected chi connectivity index (χ2v) is 5.13. The highest BCUT2D eigenvalue weighted by Gasteiger charge is 2.13. The Bertz CT molecular complexity index is 341. The van der Waals surface area contributed by atoms with Crippen molar-refractivity contribution in [2.75, 3.05) is 14.2 Å². The van der Waals surface area contributed by atoms with Gasteiger partial charge in [-0.1, -0.05) is 22.9 Å². The SMILES string of the molecule is CNC(C)C(C)Cc1cc(Br)ccc1OC. The Labute approximate surface area is 107 Å². The molecule has 0 saturated heterocycles. The molecule has 2 nitrogen and oxygen atoms in total. The van der Waals surface area contributed by atoms with Crippen LogP contribution in [0.3, 0.4) is 0 Å². The molecule has 0 radical (unpaired) electrons. The van der Waals surface area contributed by atoms with E-state index in [1.807, 2.05) is 19.2 Å². The van der Waals surface area contributed by atoms with Gasteiger partial charge in [-0.15, -0.1) is 0 Å². The van der Waals surface area contributed by atoms with E-state index in [2.05, 4.69) is 41.2 Å². The predicted octanol–water partition coefficient (Wildman–Crippen LogP) is 3.24. The standard InChI is InChI=1S/C13H20BrNO/c1-9(10(2)15-3)7-11-8-12(14)5-6-13(11)16-4/h5-6,8-10,15H,7H2,1-4H3. The van der Waals surface area contributed by atoms with Crippen molar-refractivity contribution in [3.05, 3.63) is 28.2 Å². The van der Waals surface area contributed by atoms with Gasteiger partial charge in [0, 0.05) is 10.5 Å². The zero-order valence-electron chi connectivity index (χ0n) is 10.4. The maximum atomic E-state index is 5.37. The molecule has 0 aliphatic carbocycles. The Morgan fingerprint density at radius 2 is 2.06 bits per heavy atom. The van der Waals surface area contributed by atoms with Crippen LogP contribution in [0.4, 0.5) is 0 Å². The monoisotopic (exact) mass is 285 g/mol. The lowest BCUT2D eigenvalue weighted by Gasteiger charge is -2.20. The van der Waals surface area contributed by atoms with Crippen LogP contribution >= 0.6 is 15.9 Å². The van der Waals surface area contributed by atoms with E-state index in [-0.39, 0.29) is 0 Å². The van der Waals surface area contributed by atoms with Gasteiger partial charge in [0.1, 0.15) is 5.75 Å². The van der Waals surface area contributed by atoms with E-state index in [1.54, 1.807) is 7.11 Å². The molecule has 0 heterocycles. The summed E-state index contributed by atoms with van der Waals surface area (Å²) in [5, 5.41) is 3.28. The van der Waals surface area contributed by atoms with Gasteiger partial charge in [-0.2, -0.15) is 0 Å². The van der Waals surface area contributed by atoms with Crippen molar-refractivity contribution in [3.8, 4) is 5.75 Å². The van der Waals surface area contributed by atoms with E-state index in [0.717, 1.165) is 16.6 Å². The summed E-state index contributed by atoms with van der Waals surface area (Å²) < 4.78 is 6.48. The van der Waals surface area contributed by atoms with Gasteiger partial charge in [-0.3, -0.25) is 0 Å².